The van der Waals surface area contributed by atoms with Gasteiger partial charge in [0.25, 0.3) is 15.9 Å². The Morgan fingerprint density at radius 3 is 2.47 bits per heavy atom. The number of benzene rings is 3. The van der Waals surface area contributed by atoms with E-state index in [2.05, 4.69) is 5.32 Å². The molecule has 0 fully saturated rings. The molecule has 4 rings (SSSR count). The number of carbonyl (C=O) groups is 1. The normalized spacial score (nSPS) is 15.5. The van der Waals surface area contributed by atoms with E-state index in [4.69, 9.17) is 9.47 Å². The Morgan fingerprint density at radius 1 is 1.06 bits per heavy atom. The summed E-state index contributed by atoms with van der Waals surface area (Å²) in [6, 6.07) is 18.6. The number of aryl methyl sites for hydroxylation is 2. The van der Waals surface area contributed by atoms with Crippen LogP contribution in [0, 0.1) is 13.8 Å². The molecule has 8 heteroatoms. The van der Waals surface area contributed by atoms with Gasteiger partial charge in [0, 0.05) is 5.69 Å². The van der Waals surface area contributed by atoms with Crippen LogP contribution >= 0.6 is 0 Å². The standard InChI is InChI=1S/C24H24N2O5S/c1-16-8-13-20(17(2)14-16)25-24(27)23-15-26(21-6-4-5-7-22(21)31-23)32(28,29)19-11-9-18(30-3)10-12-19/h4-14,23H,15H2,1-3H3,(H,25,27). The molecule has 0 saturated heterocycles. The van der Waals surface area contributed by atoms with Crippen LogP contribution in [0.4, 0.5) is 11.4 Å². The van der Waals surface area contributed by atoms with E-state index in [-0.39, 0.29) is 11.4 Å². The molecule has 166 valence electrons. The number of methoxy groups -OCH3 is 1. The van der Waals surface area contributed by atoms with Gasteiger partial charge in [-0.05, 0) is 61.9 Å². The van der Waals surface area contributed by atoms with E-state index in [0.717, 1.165) is 11.1 Å². The van der Waals surface area contributed by atoms with Crippen molar-refractivity contribution in [3.63, 3.8) is 0 Å². The topological polar surface area (TPSA) is 84.9 Å². The maximum atomic E-state index is 13.5. The quantitative estimate of drug-likeness (QED) is 0.635. The summed E-state index contributed by atoms with van der Waals surface area (Å²) in [5.41, 5.74) is 3.05. The maximum absolute atomic E-state index is 13.5. The van der Waals surface area contributed by atoms with Gasteiger partial charge in [0.05, 0.1) is 24.2 Å². The van der Waals surface area contributed by atoms with Gasteiger partial charge in [0.15, 0.2) is 6.10 Å². The molecule has 1 N–H and O–H groups in total. The first-order valence-electron chi connectivity index (χ1n) is 10.1. The van der Waals surface area contributed by atoms with E-state index < -0.39 is 22.0 Å². The zero-order chi connectivity index (χ0) is 22.9. The molecule has 1 amide bonds. The van der Waals surface area contributed by atoms with E-state index in [9.17, 15) is 13.2 Å². The minimum absolute atomic E-state index is 0.101. The molecular formula is C24H24N2O5S. The fraction of sp³-hybridized carbons (Fsp3) is 0.208. The Hall–Kier alpha value is -3.52. The van der Waals surface area contributed by atoms with Gasteiger partial charge in [-0.2, -0.15) is 0 Å². The molecule has 0 saturated carbocycles. The largest absolute Gasteiger partial charge is 0.497 e. The molecule has 1 aliphatic rings. The second-order valence-corrected chi connectivity index (χ2v) is 9.46. The fourth-order valence-corrected chi connectivity index (χ4v) is 5.08. The Kier molecular flexibility index (Phi) is 5.80. The van der Waals surface area contributed by atoms with E-state index in [0.29, 0.717) is 22.9 Å². The lowest BCUT2D eigenvalue weighted by atomic mass is 10.1. The molecule has 1 heterocycles. The van der Waals surface area contributed by atoms with E-state index in [1.165, 1.54) is 23.5 Å². The van der Waals surface area contributed by atoms with Crippen LogP contribution in [-0.2, 0) is 14.8 Å². The molecular weight excluding hydrogens is 428 g/mol. The lowest BCUT2D eigenvalue weighted by Gasteiger charge is -2.34. The Balaban J connectivity index is 1.66. The minimum atomic E-state index is -3.94. The monoisotopic (exact) mass is 452 g/mol. The van der Waals surface area contributed by atoms with Crippen molar-refractivity contribution < 1.29 is 22.7 Å². The molecule has 32 heavy (non-hydrogen) atoms. The fourth-order valence-electron chi connectivity index (χ4n) is 3.61. The average molecular weight is 453 g/mol. The molecule has 7 nitrogen and oxygen atoms in total. The van der Waals surface area contributed by atoms with Crippen LogP contribution in [0.3, 0.4) is 0 Å². The summed E-state index contributed by atoms with van der Waals surface area (Å²) in [7, 11) is -2.42. The first-order chi connectivity index (χ1) is 15.3. The summed E-state index contributed by atoms with van der Waals surface area (Å²) in [6.45, 7) is 3.73. The maximum Gasteiger partial charge on any atom is 0.267 e. The third kappa shape index (κ3) is 4.13. The van der Waals surface area contributed by atoms with Gasteiger partial charge in [0.1, 0.15) is 11.5 Å². The minimum Gasteiger partial charge on any atom is -0.497 e. The van der Waals surface area contributed by atoms with Crippen LogP contribution in [0.25, 0.3) is 0 Å². The van der Waals surface area contributed by atoms with Crippen molar-refractivity contribution in [1.82, 2.24) is 0 Å². The van der Waals surface area contributed by atoms with E-state index in [1.807, 2.05) is 32.0 Å². The third-order valence-corrected chi connectivity index (χ3v) is 7.11. The highest BCUT2D eigenvalue weighted by molar-refractivity contribution is 7.92. The predicted molar refractivity (Wildman–Crippen MR) is 123 cm³/mol. The molecule has 1 aliphatic heterocycles. The number of sulfonamides is 1. The van der Waals surface area contributed by atoms with Crippen molar-refractivity contribution in [3.8, 4) is 11.5 Å². The number of anilines is 2. The molecule has 3 aromatic rings. The smallest absolute Gasteiger partial charge is 0.267 e. The number of nitrogens with one attached hydrogen (secondary N) is 1. The van der Waals surface area contributed by atoms with Crippen LogP contribution < -0.4 is 19.1 Å². The molecule has 0 spiro atoms. The van der Waals surface area contributed by atoms with Gasteiger partial charge in [-0.15, -0.1) is 0 Å². The van der Waals surface area contributed by atoms with E-state index in [1.54, 1.807) is 36.4 Å². The summed E-state index contributed by atoms with van der Waals surface area (Å²) in [5.74, 6) is 0.468. The Bertz CT molecular complexity index is 1260. The number of para-hydroxylation sites is 2. The number of nitrogens with zero attached hydrogens (tertiary/aromatic N) is 1. The third-order valence-electron chi connectivity index (χ3n) is 5.31. The van der Waals surface area contributed by atoms with Crippen molar-refractivity contribution in [1.29, 1.82) is 0 Å². The van der Waals surface area contributed by atoms with Crippen LogP contribution in [0.1, 0.15) is 11.1 Å². The number of hydrogen-bond acceptors (Lipinski definition) is 5. The van der Waals surface area contributed by atoms with E-state index >= 15 is 0 Å². The van der Waals surface area contributed by atoms with Crippen molar-refractivity contribution >= 4 is 27.3 Å². The van der Waals surface area contributed by atoms with Crippen LogP contribution in [0.5, 0.6) is 11.5 Å². The molecule has 0 radical (unpaired) electrons. The number of amides is 1. The van der Waals surface area contributed by atoms with Gasteiger partial charge < -0.3 is 14.8 Å². The SMILES string of the molecule is COc1ccc(S(=O)(=O)N2CC(C(=O)Nc3ccc(C)cc3C)Oc3ccccc32)cc1. The first-order valence-corrected chi connectivity index (χ1v) is 11.5. The molecule has 3 aromatic carbocycles. The van der Waals surface area contributed by atoms with Crippen molar-refractivity contribution in [3.05, 3.63) is 77.9 Å². The first kappa shape index (κ1) is 21.7. The predicted octanol–water partition coefficient (Wildman–Crippen LogP) is 3.91. The number of carbonyl (C=O) groups excluding carboxylic acids is 1. The van der Waals surface area contributed by atoms with Crippen molar-refractivity contribution in [2.24, 2.45) is 0 Å². The summed E-state index contributed by atoms with van der Waals surface area (Å²) in [5, 5.41) is 2.86. The van der Waals surface area contributed by atoms with Crippen molar-refractivity contribution in [2.45, 2.75) is 24.8 Å². The van der Waals surface area contributed by atoms with Gasteiger partial charge in [-0.1, -0.05) is 29.8 Å². The highest BCUT2D eigenvalue weighted by Crippen LogP contribution is 2.37. The lowest BCUT2D eigenvalue weighted by molar-refractivity contribution is -0.122. The summed E-state index contributed by atoms with van der Waals surface area (Å²) in [4.78, 5) is 13.1. The van der Waals surface area contributed by atoms with Crippen LogP contribution in [0.15, 0.2) is 71.6 Å². The zero-order valence-corrected chi connectivity index (χ0v) is 18.8. The molecule has 0 aromatic heterocycles. The van der Waals surface area contributed by atoms with Gasteiger partial charge in [-0.25, -0.2) is 8.42 Å². The molecule has 0 bridgehead atoms. The van der Waals surface area contributed by atoms with Gasteiger partial charge in [0.2, 0.25) is 0 Å². The molecule has 1 unspecified atom stereocenters. The number of rotatable bonds is 5. The lowest BCUT2D eigenvalue weighted by Crippen LogP contribution is -2.48. The van der Waals surface area contributed by atoms with Gasteiger partial charge >= 0.3 is 0 Å². The number of ether oxygens (including phenoxy) is 2. The number of hydrogen-bond donors (Lipinski definition) is 1. The second-order valence-electron chi connectivity index (χ2n) is 7.59. The highest BCUT2D eigenvalue weighted by atomic mass is 32.2. The van der Waals surface area contributed by atoms with Crippen molar-refractivity contribution in [2.75, 3.05) is 23.3 Å². The summed E-state index contributed by atoms with van der Waals surface area (Å²) >= 11 is 0. The Labute approximate surface area is 187 Å². The number of fused-ring (bicyclic) bond motifs is 1. The second kappa shape index (κ2) is 8.55. The van der Waals surface area contributed by atoms with Crippen LogP contribution in [-0.4, -0.2) is 34.1 Å². The van der Waals surface area contributed by atoms with Gasteiger partial charge in [-0.3, -0.25) is 9.10 Å². The Morgan fingerprint density at radius 2 is 1.78 bits per heavy atom. The summed E-state index contributed by atoms with van der Waals surface area (Å²) in [6.07, 6.45) is -1.02. The zero-order valence-electron chi connectivity index (χ0n) is 18.0. The average Bonchev–Trinajstić information content (AvgIpc) is 2.80. The van der Waals surface area contributed by atoms with Crippen LogP contribution in [0.2, 0.25) is 0 Å². The molecule has 0 aliphatic carbocycles. The molecule has 1 atom stereocenters. The summed E-state index contributed by atoms with van der Waals surface area (Å²) < 4.78 is 39.2. The highest BCUT2D eigenvalue weighted by Gasteiger charge is 2.37.